The lowest BCUT2D eigenvalue weighted by atomic mass is 9.93. The largest absolute Gasteiger partial charge is 0.391 e. The quantitative estimate of drug-likeness (QED) is 0.838. The topological polar surface area (TPSA) is 69.6 Å². The number of aliphatic hydroxyl groups excluding tert-OH is 1. The molecule has 1 aromatic carbocycles. The summed E-state index contributed by atoms with van der Waals surface area (Å²) >= 11 is 0. The number of carbonyl (C=O) groups excluding carboxylic acids is 2. The number of nitrogens with zero attached hydrogens (tertiary/aromatic N) is 1. The van der Waals surface area contributed by atoms with Gasteiger partial charge in [-0.15, -0.1) is 0 Å². The van der Waals surface area contributed by atoms with Gasteiger partial charge < -0.3 is 15.3 Å². The van der Waals surface area contributed by atoms with Crippen molar-refractivity contribution in [1.29, 1.82) is 0 Å². The molecule has 0 spiro atoms. The Kier molecular flexibility index (Phi) is 5.30. The molecule has 2 amide bonds. The van der Waals surface area contributed by atoms with E-state index in [4.69, 9.17) is 0 Å². The number of rotatable bonds is 3. The van der Waals surface area contributed by atoms with Gasteiger partial charge in [0.15, 0.2) is 0 Å². The van der Waals surface area contributed by atoms with E-state index in [0.29, 0.717) is 24.3 Å². The van der Waals surface area contributed by atoms with Gasteiger partial charge in [0.25, 0.3) is 5.91 Å². The van der Waals surface area contributed by atoms with E-state index in [1.807, 2.05) is 0 Å². The second-order valence-electron chi connectivity index (χ2n) is 6.60. The maximum Gasteiger partial charge on any atom is 0.254 e. The van der Waals surface area contributed by atoms with Gasteiger partial charge in [-0.1, -0.05) is 18.2 Å². The van der Waals surface area contributed by atoms with Crippen LogP contribution in [0.3, 0.4) is 0 Å². The number of likely N-dealkylation sites (tertiary alicyclic amines) is 1. The molecule has 2 unspecified atom stereocenters. The standard InChI is InChI=1S/C19H24N2O3/c22-17-10-5-11-21(13-17)19(24)15-8-4-9-16(12-15)20-18(23)14-6-2-1-3-7-14/h1-2,4,8-9,12,14,17,22H,3,5-7,10-11,13H2,(H,20,23). The fourth-order valence-electron chi connectivity index (χ4n) is 3.33. The molecule has 2 N–H and O–H groups in total. The summed E-state index contributed by atoms with van der Waals surface area (Å²) in [5.41, 5.74) is 1.20. The van der Waals surface area contributed by atoms with Crippen LogP contribution in [-0.4, -0.2) is 41.0 Å². The van der Waals surface area contributed by atoms with E-state index in [-0.39, 0.29) is 17.7 Å². The van der Waals surface area contributed by atoms with Crippen molar-refractivity contribution in [3.8, 4) is 0 Å². The van der Waals surface area contributed by atoms with Crippen LogP contribution in [0, 0.1) is 5.92 Å². The number of benzene rings is 1. The number of piperidine rings is 1. The van der Waals surface area contributed by atoms with Gasteiger partial charge in [0.1, 0.15) is 0 Å². The van der Waals surface area contributed by atoms with Crippen molar-refractivity contribution in [2.75, 3.05) is 18.4 Å². The molecule has 5 heteroatoms. The maximum absolute atomic E-state index is 12.6. The van der Waals surface area contributed by atoms with Gasteiger partial charge in [-0.3, -0.25) is 9.59 Å². The minimum atomic E-state index is -0.440. The lowest BCUT2D eigenvalue weighted by molar-refractivity contribution is -0.120. The fourth-order valence-corrected chi connectivity index (χ4v) is 3.33. The molecule has 1 aliphatic heterocycles. The molecular formula is C19H24N2O3. The van der Waals surface area contributed by atoms with E-state index in [1.54, 1.807) is 29.2 Å². The average Bonchev–Trinajstić information content (AvgIpc) is 2.62. The highest BCUT2D eigenvalue weighted by molar-refractivity contribution is 5.97. The first kappa shape index (κ1) is 16.7. The molecule has 3 rings (SSSR count). The number of aliphatic hydroxyl groups is 1. The van der Waals surface area contributed by atoms with E-state index >= 15 is 0 Å². The lowest BCUT2D eigenvalue weighted by Crippen LogP contribution is -2.42. The molecule has 1 saturated heterocycles. The van der Waals surface area contributed by atoms with Gasteiger partial charge in [0.05, 0.1) is 6.10 Å². The molecule has 0 radical (unpaired) electrons. The summed E-state index contributed by atoms with van der Waals surface area (Å²) in [6.07, 6.45) is 7.86. The van der Waals surface area contributed by atoms with E-state index in [9.17, 15) is 14.7 Å². The van der Waals surface area contributed by atoms with E-state index < -0.39 is 6.10 Å². The van der Waals surface area contributed by atoms with Gasteiger partial charge in [-0.2, -0.15) is 0 Å². The molecule has 5 nitrogen and oxygen atoms in total. The number of β-amino-alcohol motifs (C(OH)–C–C–N with tert-alkyl or cyclic N) is 1. The van der Waals surface area contributed by atoms with Crippen LogP contribution in [-0.2, 0) is 4.79 Å². The zero-order chi connectivity index (χ0) is 16.9. The van der Waals surface area contributed by atoms with Crippen LogP contribution in [0.15, 0.2) is 36.4 Å². The highest BCUT2D eigenvalue weighted by Gasteiger charge is 2.23. The van der Waals surface area contributed by atoms with Crippen molar-refractivity contribution >= 4 is 17.5 Å². The molecule has 1 aliphatic carbocycles. The smallest absolute Gasteiger partial charge is 0.254 e. The Morgan fingerprint density at radius 3 is 2.83 bits per heavy atom. The summed E-state index contributed by atoms with van der Waals surface area (Å²) in [6.45, 7) is 1.05. The molecule has 1 heterocycles. The third-order valence-electron chi connectivity index (χ3n) is 4.70. The molecule has 2 atom stereocenters. The second kappa shape index (κ2) is 7.62. The third kappa shape index (κ3) is 4.03. The summed E-state index contributed by atoms with van der Waals surface area (Å²) in [7, 11) is 0. The van der Waals surface area contributed by atoms with Crippen molar-refractivity contribution in [2.45, 2.75) is 38.2 Å². The van der Waals surface area contributed by atoms with Crippen LogP contribution in [0.4, 0.5) is 5.69 Å². The third-order valence-corrected chi connectivity index (χ3v) is 4.70. The Bertz CT molecular complexity index is 641. The lowest BCUT2D eigenvalue weighted by Gasteiger charge is -2.30. The predicted octanol–water partition coefficient (Wildman–Crippen LogP) is 2.58. The van der Waals surface area contributed by atoms with Gasteiger partial charge in [-0.25, -0.2) is 0 Å². The van der Waals surface area contributed by atoms with Crippen LogP contribution in [0.1, 0.15) is 42.5 Å². The number of allylic oxidation sites excluding steroid dienone is 2. The van der Waals surface area contributed by atoms with Crippen molar-refractivity contribution in [3.05, 3.63) is 42.0 Å². The summed E-state index contributed by atoms with van der Waals surface area (Å²) < 4.78 is 0. The van der Waals surface area contributed by atoms with Crippen molar-refractivity contribution in [2.24, 2.45) is 5.92 Å². The average molecular weight is 328 g/mol. The van der Waals surface area contributed by atoms with Crippen molar-refractivity contribution in [1.82, 2.24) is 4.90 Å². The first-order valence-electron chi connectivity index (χ1n) is 8.67. The Labute approximate surface area is 142 Å². The van der Waals surface area contributed by atoms with Gasteiger partial charge in [-0.05, 0) is 50.3 Å². The molecule has 1 aromatic rings. The minimum Gasteiger partial charge on any atom is -0.391 e. The Hall–Kier alpha value is -2.14. The van der Waals surface area contributed by atoms with Gasteiger partial charge in [0.2, 0.25) is 5.91 Å². The molecule has 0 aromatic heterocycles. The van der Waals surface area contributed by atoms with Crippen LogP contribution in [0.25, 0.3) is 0 Å². The second-order valence-corrected chi connectivity index (χ2v) is 6.60. The molecule has 24 heavy (non-hydrogen) atoms. The first-order chi connectivity index (χ1) is 11.6. The maximum atomic E-state index is 12.6. The molecule has 2 aliphatic rings. The molecule has 1 fully saturated rings. The van der Waals surface area contributed by atoms with Crippen LogP contribution in [0.2, 0.25) is 0 Å². The molecule has 0 bridgehead atoms. The minimum absolute atomic E-state index is 0.00611. The zero-order valence-electron chi connectivity index (χ0n) is 13.8. The zero-order valence-corrected chi connectivity index (χ0v) is 13.8. The highest BCUT2D eigenvalue weighted by Crippen LogP contribution is 2.21. The number of carbonyl (C=O) groups is 2. The number of hydrogen-bond donors (Lipinski definition) is 2. The Morgan fingerprint density at radius 1 is 1.21 bits per heavy atom. The van der Waals surface area contributed by atoms with E-state index in [0.717, 1.165) is 32.1 Å². The van der Waals surface area contributed by atoms with Gasteiger partial charge >= 0.3 is 0 Å². The van der Waals surface area contributed by atoms with E-state index in [1.165, 1.54) is 0 Å². The monoisotopic (exact) mass is 328 g/mol. The molecule has 0 saturated carbocycles. The molecule has 128 valence electrons. The number of amides is 2. The van der Waals surface area contributed by atoms with Crippen LogP contribution < -0.4 is 5.32 Å². The first-order valence-corrected chi connectivity index (χ1v) is 8.67. The van der Waals surface area contributed by atoms with Crippen molar-refractivity contribution in [3.63, 3.8) is 0 Å². The number of nitrogens with one attached hydrogen (secondary N) is 1. The Balaban J connectivity index is 1.66. The van der Waals surface area contributed by atoms with Crippen LogP contribution in [0.5, 0.6) is 0 Å². The van der Waals surface area contributed by atoms with Gasteiger partial charge in [0, 0.05) is 30.3 Å². The highest BCUT2D eigenvalue weighted by atomic mass is 16.3. The molecular weight excluding hydrogens is 304 g/mol. The summed E-state index contributed by atoms with van der Waals surface area (Å²) in [5.74, 6) is -0.0746. The van der Waals surface area contributed by atoms with E-state index in [2.05, 4.69) is 17.5 Å². The fraction of sp³-hybridized carbons (Fsp3) is 0.474. The summed E-state index contributed by atoms with van der Waals surface area (Å²) in [4.78, 5) is 26.6. The SMILES string of the molecule is O=C(Nc1cccc(C(=O)N2CCCC(O)C2)c1)C1CC=CCC1. The van der Waals surface area contributed by atoms with Crippen molar-refractivity contribution < 1.29 is 14.7 Å². The van der Waals surface area contributed by atoms with Crippen LogP contribution >= 0.6 is 0 Å². The number of hydrogen-bond acceptors (Lipinski definition) is 3. The summed E-state index contributed by atoms with van der Waals surface area (Å²) in [6, 6.07) is 7.06. The number of anilines is 1. The predicted molar refractivity (Wildman–Crippen MR) is 92.7 cm³/mol. The normalized spacial score (nSPS) is 23.8. The summed E-state index contributed by atoms with van der Waals surface area (Å²) in [5, 5.41) is 12.7. The Morgan fingerprint density at radius 2 is 2.08 bits per heavy atom.